The fourth-order valence-corrected chi connectivity index (χ4v) is 6.68. The Morgan fingerprint density at radius 1 is 0.172 bits per heavy atom. The number of para-hydroxylation sites is 3. The van der Waals surface area contributed by atoms with Gasteiger partial charge in [-0.3, -0.25) is 0 Å². The molecule has 0 aliphatic carbocycles. The zero-order valence-electron chi connectivity index (χ0n) is 31.8. The van der Waals surface area contributed by atoms with Crippen LogP contribution in [0, 0.1) is 0 Å². The molecular formula is C54H39AlO3. The summed E-state index contributed by atoms with van der Waals surface area (Å²) in [7, 11) is 0. The normalized spacial score (nSPS) is 10.1. The third-order valence-electron chi connectivity index (χ3n) is 9.55. The molecule has 0 bridgehead atoms. The SMILES string of the molecule is [Al+3].[O-]c1c(-c2ccccc2)cccc1-c1ccccc1.[O-]c1c(-c2ccccc2)cccc1-c1ccccc1.[O-]c1c(-c2ccccc2)cccc1-c1ccccc1. The van der Waals surface area contributed by atoms with Crippen LogP contribution in [0.2, 0.25) is 0 Å². The van der Waals surface area contributed by atoms with Crippen molar-refractivity contribution in [3.8, 4) is 84.0 Å². The molecule has 3 nitrogen and oxygen atoms in total. The van der Waals surface area contributed by atoms with Gasteiger partial charge in [0, 0.05) is 0 Å². The molecule has 0 aliphatic rings. The van der Waals surface area contributed by atoms with Crippen LogP contribution >= 0.6 is 0 Å². The first-order chi connectivity index (χ1) is 28.1. The molecule has 0 saturated carbocycles. The average Bonchev–Trinajstić information content (AvgIpc) is 3.29. The van der Waals surface area contributed by atoms with Crippen molar-refractivity contribution in [2.24, 2.45) is 0 Å². The molecule has 0 aromatic heterocycles. The van der Waals surface area contributed by atoms with Gasteiger partial charge in [-0.15, -0.1) is 0 Å². The fourth-order valence-electron chi connectivity index (χ4n) is 6.68. The molecule has 0 aliphatic heterocycles. The van der Waals surface area contributed by atoms with E-state index < -0.39 is 0 Å². The van der Waals surface area contributed by atoms with E-state index in [4.69, 9.17) is 0 Å². The van der Waals surface area contributed by atoms with Crippen molar-refractivity contribution in [1.82, 2.24) is 0 Å². The van der Waals surface area contributed by atoms with E-state index in [1.807, 2.05) is 237 Å². The van der Waals surface area contributed by atoms with Crippen molar-refractivity contribution in [3.63, 3.8) is 0 Å². The maximum absolute atomic E-state index is 12.6. The average molecular weight is 763 g/mol. The monoisotopic (exact) mass is 762 g/mol. The molecular weight excluding hydrogens is 724 g/mol. The first-order valence-corrected chi connectivity index (χ1v) is 18.8. The van der Waals surface area contributed by atoms with Gasteiger partial charge in [0.2, 0.25) is 0 Å². The molecule has 58 heavy (non-hydrogen) atoms. The van der Waals surface area contributed by atoms with Crippen LogP contribution in [0.5, 0.6) is 17.2 Å². The third-order valence-corrected chi connectivity index (χ3v) is 9.55. The summed E-state index contributed by atoms with van der Waals surface area (Å²) in [5, 5.41) is 37.7. The van der Waals surface area contributed by atoms with Gasteiger partial charge in [0.1, 0.15) is 0 Å². The minimum absolute atomic E-state index is 0. The van der Waals surface area contributed by atoms with Crippen molar-refractivity contribution >= 4 is 17.4 Å². The van der Waals surface area contributed by atoms with Crippen LogP contribution in [0.25, 0.3) is 66.8 Å². The van der Waals surface area contributed by atoms with E-state index in [1.54, 1.807) is 0 Å². The quantitative estimate of drug-likeness (QED) is 0.158. The molecule has 9 aromatic rings. The summed E-state index contributed by atoms with van der Waals surface area (Å²) in [5.41, 5.74) is 10.3. The second-order valence-electron chi connectivity index (χ2n) is 13.2. The summed E-state index contributed by atoms with van der Waals surface area (Å²) in [6.07, 6.45) is 0. The molecule has 0 atom stereocenters. The van der Waals surface area contributed by atoms with Crippen molar-refractivity contribution in [3.05, 3.63) is 237 Å². The first-order valence-electron chi connectivity index (χ1n) is 18.8. The Bertz CT molecular complexity index is 2150. The zero-order valence-corrected chi connectivity index (χ0v) is 33.0. The van der Waals surface area contributed by atoms with Crippen molar-refractivity contribution < 1.29 is 15.3 Å². The minimum atomic E-state index is 0. The largest absolute Gasteiger partial charge is 3.00 e. The Labute approximate surface area is 351 Å². The molecule has 0 spiro atoms. The summed E-state index contributed by atoms with van der Waals surface area (Å²) in [4.78, 5) is 0. The molecule has 9 aromatic carbocycles. The number of rotatable bonds is 6. The Balaban J connectivity index is 0.000000145. The zero-order chi connectivity index (χ0) is 39.2. The standard InChI is InChI=1S/3C18H14O.Al/c3*19-18-16(14-8-3-1-4-9-14)12-7-13-17(18)15-10-5-2-6-11-15;/h3*1-13,19H;/q;;;+3/p-3. The van der Waals surface area contributed by atoms with Crippen LogP contribution in [0.4, 0.5) is 0 Å². The van der Waals surface area contributed by atoms with Crippen LogP contribution in [0.3, 0.4) is 0 Å². The van der Waals surface area contributed by atoms with Gasteiger partial charge < -0.3 is 15.3 Å². The van der Waals surface area contributed by atoms with Gasteiger partial charge in [-0.05, 0) is 66.8 Å². The Morgan fingerprint density at radius 2 is 0.310 bits per heavy atom. The van der Waals surface area contributed by atoms with E-state index in [9.17, 15) is 15.3 Å². The van der Waals surface area contributed by atoms with E-state index in [0.717, 1.165) is 66.8 Å². The number of hydrogen-bond acceptors (Lipinski definition) is 3. The molecule has 0 radical (unpaired) electrons. The Kier molecular flexibility index (Phi) is 14.1. The predicted molar refractivity (Wildman–Crippen MR) is 236 cm³/mol. The maximum Gasteiger partial charge on any atom is 3.00 e. The molecule has 0 N–H and O–H groups in total. The molecule has 0 fully saturated rings. The molecule has 9 rings (SSSR count). The predicted octanol–water partition coefficient (Wildman–Crippen LogP) is 11.9. The summed E-state index contributed by atoms with van der Waals surface area (Å²) in [6, 6.07) is 75.8. The fraction of sp³-hybridized carbons (Fsp3) is 0. The van der Waals surface area contributed by atoms with Gasteiger partial charge >= 0.3 is 17.4 Å². The molecule has 4 heteroatoms. The van der Waals surface area contributed by atoms with Crippen LogP contribution < -0.4 is 15.3 Å². The number of hydrogen-bond donors (Lipinski definition) is 0. The van der Waals surface area contributed by atoms with E-state index in [-0.39, 0.29) is 34.6 Å². The number of benzene rings is 9. The minimum Gasteiger partial charge on any atom is -0.872 e. The third kappa shape index (κ3) is 9.82. The molecule has 0 amide bonds. The first kappa shape index (κ1) is 40.6. The summed E-state index contributed by atoms with van der Waals surface area (Å²) < 4.78 is 0. The van der Waals surface area contributed by atoms with Crippen molar-refractivity contribution in [1.29, 1.82) is 0 Å². The Hall–Kier alpha value is -7.09. The maximum atomic E-state index is 12.6. The van der Waals surface area contributed by atoms with Gasteiger partial charge in [-0.2, -0.15) is 0 Å². The van der Waals surface area contributed by atoms with E-state index >= 15 is 0 Å². The van der Waals surface area contributed by atoms with Crippen LogP contribution in [-0.2, 0) is 0 Å². The summed E-state index contributed by atoms with van der Waals surface area (Å²) in [6.45, 7) is 0. The molecule has 0 heterocycles. The van der Waals surface area contributed by atoms with Gasteiger partial charge in [0.15, 0.2) is 0 Å². The molecule has 0 saturated heterocycles. The van der Waals surface area contributed by atoms with Crippen molar-refractivity contribution in [2.45, 2.75) is 0 Å². The van der Waals surface area contributed by atoms with E-state index in [2.05, 4.69) is 0 Å². The van der Waals surface area contributed by atoms with Crippen LogP contribution in [0.15, 0.2) is 237 Å². The summed E-state index contributed by atoms with van der Waals surface area (Å²) >= 11 is 0. The van der Waals surface area contributed by atoms with Gasteiger partial charge in [-0.25, -0.2) is 0 Å². The van der Waals surface area contributed by atoms with Crippen LogP contribution in [0.1, 0.15) is 0 Å². The smallest absolute Gasteiger partial charge is 0.872 e. The van der Waals surface area contributed by atoms with E-state index in [1.165, 1.54) is 0 Å². The second-order valence-corrected chi connectivity index (χ2v) is 13.2. The van der Waals surface area contributed by atoms with E-state index in [0.29, 0.717) is 0 Å². The topological polar surface area (TPSA) is 69.2 Å². The molecule has 0 unspecified atom stereocenters. The van der Waals surface area contributed by atoms with Crippen LogP contribution in [-0.4, -0.2) is 17.4 Å². The van der Waals surface area contributed by atoms with Gasteiger partial charge in [-0.1, -0.05) is 254 Å². The van der Waals surface area contributed by atoms with Gasteiger partial charge in [0.05, 0.1) is 0 Å². The second kappa shape index (κ2) is 20.2. The Morgan fingerprint density at radius 3 is 0.448 bits per heavy atom. The summed E-state index contributed by atoms with van der Waals surface area (Å²) in [5.74, 6) is 0.250. The van der Waals surface area contributed by atoms with Crippen molar-refractivity contribution in [2.75, 3.05) is 0 Å². The van der Waals surface area contributed by atoms with Gasteiger partial charge in [0.25, 0.3) is 0 Å². The molecule has 276 valence electrons.